The van der Waals surface area contributed by atoms with E-state index in [4.69, 9.17) is 0 Å². The van der Waals surface area contributed by atoms with Crippen LogP contribution in [-0.4, -0.2) is 45.8 Å². The fourth-order valence-corrected chi connectivity index (χ4v) is 4.40. The molecule has 7 nitrogen and oxygen atoms in total. The number of halogens is 1. The Morgan fingerprint density at radius 1 is 1.26 bits per heavy atom. The minimum absolute atomic E-state index is 0.237. The van der Waals surface area contributed by atoms with Gasteiger partial charge in [0.2, 0.25) is 0 Å². The Labute approximate surface area is 212 Å². The summed E-state index contributed by atoms with van der Waals surface area (Å²) < 4.78 is 16.0. The van der Waals surface area contributed by atoms with Gasteiger partial charge in [0.1, 0.15) is 5.82 Å². The van der Waals surface area contributed by atoms with Crippen molar-refractivity contribution in [1.29, 1.82) is 0 Å². The van der Waals surface area contributed by atoms with Crippen LogP contribution < -0.4 is 15.1 Å². The van der Waals surface area contributed by atoms with E-state index in [2.05, 4.69) is 53.6 Å². The molecule has 0 bridgehead atoms. The van der Waals surface area contributed by atoms with Crippen molar-refractivity contribution in [3.8, 4) is 0 Å². The van der Waals surface area contributed by atoms with Crippen LogP contribution in [0.4, 0.5) is 26.4 Å². The molecule has 3 aromatic heterocycles. The van der Waals surface area contributed by atoms with E-state index in [-0.39, 0.29) is 11.7 Å². The molecule has 0 aromatic carbocycles. The number of hydrogen-bond acceptors (Lipinski definition) is 5. The number of nitrogens with zero attached hydrogens (tertiary/aromatic N) is 5. The molecule has 0 spiro atoms. The second-order valence-corrected chi connectivity index (χ2v) is 8.70. The van der Waals surface area contributed by atoms with Gasteiger partial charge < -0.3 is 14.6 Å². The van der Waals surface area contributed by atoms with Crippen LogP contribution in [0.1, 0.15) is 45.9 Å². The lowest BCUT2D eigenvalue weighted by atomic mass is 10.1. The molecule has 0 atom stereocenters. The maximum Gasteiger partial charge on any atom is 0.327 e. The molecule has 0 fully saturated rings. The van der Waals surface area contributed by atoms with Gasteiger partial charge >= 0.3 is 6.03 Å². The molecule has 1 aliphatic rings. The molecule has 4 heterocycles. The Hall–Kier alpha value is -3.07. The van der Waals surface area contributed by atoms with Crippen molar-refractivity contribution in [1.82, 2.24) is 14.4 Å². The number of imidazole rings is 1. The van der Waals surface area contributed by atoms with Gasteiger partial charge in [0.15, 0.2) is 11.5 Å². The average Bonchev–Trinajstić information content (AvgIpc) is 3.46. The van der Waals surface area contributed by atoms with Crippen molar-refractivity contribution in [2.45, 2.75) is 48.0 Å². The molecule has 4 rings (SSSR count). The summed E-state index contributed by atoms with van der Waals surface area (Å²) in [6, 6.07) is 2.97. The molecule has 0 saturated heterocycles. The van der Waals surface area contributed by atoms with Crippen molar-refractivity contribution in [3.05, 3.63) is 58.9 Å². The lowest BCUT2D eigenvalue weighted by Gasteiger charge is -2.26. The lowest BCUT2D eigenvalue weighted by Crippen LogP contribution is -2.34. The van der Waals surface area contributed by atoms with Crippen LogP contribution in [0.2, 0.25) is 0 Å². The second-order valence-electron chi connectivity index (χ2n) is 8.39. The third kappa shape index (κ3) is 5.61. The monoisotopic (exact) mass is 498 g/mol. The fraction of sp³-hybridized carbons (Fsp3) is 0.423. The number of aryl methyl sites for hydroxylation is 1. The van der Waals surface area contributed by atoms with Gasteiger partial charge in [0, 0.05) is 61.3 Å². The molecule has 0 aliphatic carbocycles. The standard InChI is InChI=1S/C24H29FN6OS.C2H6/c1-5-29(11-15(2)16(3)14-33)21-6-8-26-22-19(21)7-9-31(22)24(32)28-18-10-20(25)23-27-17(4)12-30(23)13-18;1-2/h6,8,10,12-13,33H,5,7,9,11,14H2,1-4H3,(H,28,32);1-2H3/b16-15-;. The molecule has 9 heteroatoms. The van der Waals surface area contributed by atoms with E-state index in [1.165, 1.54) is 17.2 Å². The highest BCUT2D eigenvalue weighted by Gasteiger charge is 2.29. The summed E-state index contributed by atoms with van der Waals surface area (Å²) in [5.41, 5.74) is 6.00. The van der Waals surface area contributed by atoms with E-state index in [1.54, 1.807) is 34.8 Å². The Balaban J connectivity index is 0.00000167. The highest BCUT2D eigenvalue weighted by Crippen LogP contribution is 2.34. The van der Waals surface area contributed by atoms with Crippen LogP contribution in [0.3, 0.4) is 0 Å². The van der Waals surface area contributed by atoms with Gasteiger partial charge in [-0.15, -0.1) is 0 Å². The van der Waals surface area contributed by atoms with E-state index < -0.39 is 5.82 Å². The Bertz CT molecular complexity index is 1240. The maximum absolute atomic E-state index is 14.4. The minimum atomic E-state index is -0.485. The summed E-state index contributed by atoms with van der Waals surface area (Å²) in [6.45, 7) is 14.3. The number of rotatable bonds is 6. The van der Waals surface area contributed by atoms with Gasteiger partial charge in [-0.2, -0.15) is 12.6 Å². The first-order valence-corrected chi connectivity index (χ1v) is 12.7. The Morgan fingerprint density at radius 2 is 2.00 bits per heavy atom. The predicted octanol–water partition coefficient (Wildman–Crippen LogP) is 5.89. The summed E-state index contributed by atoms with van der Waals surface area (Å²) in [6.07, 6.45) is 5.84. The van der Waals surface area contributed by atoms with Gasteiger partial charge in [-0.3, -0.25) is 4.90 Å². The molecule has 2 amide bonds. The van der Waals surface area contributed by atoms with Crippen LogP contribution >= 0.6 is 12.6 Å². The number of urea groups is 1. The van der Waals surface area contributed by atoms with Crippen molar-refractivity contribution < 1.29 is 9.18 Å². The first-order chi connectivity index (χ1) is 16.8. The second kappa shape index (κ2) is 11.6. The summed E-state index contributed by atoms with van der Waals surface area (Å²) in [5, 5.41) is 2.81. The average molecular weight is 499 g/mol. The van der Waals surface area contributed by atoms with Crippen molar-refractivity contribution >= 4 is 41.5 Å². The topological polar surface area (TPSA) is 65.8 Å². The number of hydrogen-bond donors (Lipinski definition) is 2. The largest absolute Gasteiger partial charge is 0.367 e. The predicted molar refractivity (Wildman–Crippen MR) is 146 cm³/mol. The van der Waals surface area contributed by atoms with Crippen molar-refractivity contribution in [3.63, 3.8) is 0 Å². The third-order valence-electron chi connectivity index (χ3n) is 6.09. The highest BCUT2D eigenvalue weighted by atomic mass is 32.1. The van der Waals surface area contributed by atoms with Gasteiger partial charge in [-0.05, 0) is 40.2 Å². The van der Waals surface area contributed by atoms with Gasteiger partial charge in [-0.1, -0.05) is 25.0 Å². The summed E-state index contributed by atoms with van der Waals surface area (Å²) in [7, 11) is 0. The number of pyridine rings is 2. The number of fused-ring (bicyclic) bond motifs is 2. The van der Waals surface area contributed by atoms with Crippen molar-refractivity contribution in [2.24, 2.45) is 0 Å². The van der Waals surface area contributed by atoms with Gasteiger partial charge in [-0.25, -0.2) is 19.2 Å². The van der Waals surface area contributed by atoms with Crippen LogP contribution in [0, 0.1) is 12.7 Å². The van der Waals surface area contributed by atoms with Crippen LogP contribution in [0.25, 0.3) is 5.65 Å². The molecule has 3 aromatic rings. The zero-order valence-corrected chi connectivity index (χ0v) is 22.3. The summed E-state index contributed by atoms with van der Waals surface area (Å²) in [5.74, 6) is 0.897. The Kier molecular flexibility index (Phi) is 8.77. The minimum Gasteiger partial charge on any atom is -0.367 e. The van der Waals surface area contributed by atoms with E-state index in [9.17, 15) is 9.18 Å². The summed E-state index contributed by atoms with van der Waals surface area (Å²) >= 11 is 4.40. The lowest BCUT2D eigenvalue weighted by molar-refractivity contribution is 0.257. The zero-order chi connectivity index (χ0) is 25.7. The first kappa shape index (κ1) is 26.5. The van der Waals surface area contributed by atoms with E-state index in [1.807, 2.05) is 19.9 Å². The number of carbonyl (C=O) groups excluding carboxylic acids is 1. The number of amides is 2. The van der Waals surface area contributed by atoms with Crippen LogP contribution in [-0.2, 0) is 6.42 Å². The third-order valence-corrected chi connectivity index (χ3v) is 6.56. The number of aromatic nitrogens is 3. The number of likely N-dealkylation sites (N-methyl/N-ethyl adjacent to an activating group) is 1. The fourth-order valence-electron chi connectivity index (χ4n) is 4.13. The molecule has 1 aliphatic heterocycles. The number of carbonyl (C=O) groups is 1. The van der Waals surface area contributed by atoms with E-state index in [0.29, 0.717) is 30.2 Å². The van der Waals surface area contributed by atoms with E-state index in [0.717, 1.165) is 30.1 Å². The zero-order valence-electron chi connectivity index (χ0n) is 21.4. The molecule has 0 saturated carbocycles. The van der Waals surface area contributed by atoms with Crippen LogP contribution in [0.5, 0.6) is 0 Å². The molecule has 188 valence electrons. The molecule has 35 heavy (non-hydrogen) atoms. The smallest absolute Gasteiger partial charge is 0.327 e. The number of thiol groups is 1. The quantitative estimate of drug-likeness (QED) is 0.329. The summed E-state index contributed by atoms with van der Waals surface area (Å²) in [4.78, 5) is 25.7. The maximum atomic E-state index is 14.4. The SMILES string of the molecule is CC.CCN(C/C(C)=C(/C)CS)c1ccnc2c1CCN2C(=O)Nc1cc(F)c2nc(C)cn2c1. The van der Waals surface area contributed by atoms with E-state index >= 15 is 0 Å². The van der Waals surface area contributed by atoms with Gasteiger partial charge in [0.25, 0.3) is 0 Å². The normalized spacial score (nSPS) is 13.2. The highest BCUT2D eigenvalue weighted by molar-refractivity contribution is 7.80. The number of anilines is 3. The van der Waals surface area contributed by atoms with Gasteiger partial charge in [0.05, 0.1) is 11.4 Å². The molecular formula is C26H35FN6OS. The first-order valence-electron chi connectivity index (χ1n) is 12.0. The molecule has 0 unspecified atom stereocenters. The molecule has 0 radical (unpaired) electrons. The number of nitrogens with one attached hydrogen (secondary N) is 1. The Morgan fingerprint density at radius 3 is 2.69 bits per heavy atom. The molecular weight excluding hydrogens is 463 g/mol. The van der Waals surface area contributed by atoms with Crippen molar-refractivity contribution in [2.75, 3.05) is 40.5 Å². The van der Waals surface area contributed by atoms with Crippen LogP contribution in [0.15, 0.2) is 41.9 Å². The molecule has 1 N–H and O–H groups in total.